The van der Waals surface area contributed by atoms with Crippen LogP contribution in [0.25, 0.3) is 10.9 Å². The maximum Gasteiger partial charge on any atom is 0.417 e. The largest absolute Gasteiger partial charge is 0.489 e. The van der Waals surface area contributed by atoms with E-state index in [4.69, 9.17) is 30.5 Å². The molecular weight excluding hydrogens is 639 g/mol. The topological polar surface area (TPSA) is 97.4 Å². The number of alkyl halides is 3. The Morgan fingerprint density at radius 3 is 2.38 bits per heavy atom. The molecule has 1 aromatic heterocycles. The molecule has 0 unspecified atom stereocenters. The summed E-state index contributed by atoms with van der Waals surface area (Å²) in [6.45, 7) is 6.48. The molecule has 0 saturated carbocycles. The molecule has 1 fully saturated rings. The zero-order chi connectivity index (χ0) is 33.0. The lowest BCUT2D eigenvalue weighted by molar-refractivity contribution is -0.137. The van der Waals surface area contributed by atoms with Crippen LogP contribution in [-0.2, 0) is 6.18 Å². The number of hydrogen-bond acceptors (Lipinski definition) is 8. The van der Waals surface area contributed by atoms with E-state index >= 15 is 0 Å². The number of nitrogens with zero attached hydrogens (tertiary/aromatic N) is 3. The second-order valence-corrected chi connectivity index (χ2v) is 11.6. The van der Waals surface area contributed by atoms with Gasteiger partial charge < -0.3 is 39.4 Å². The molecule has 2 amide bonds. The molecule has 0 bridgehead atoms. The van der Waals surface area contributed by atoms with Gasteiger partial charge in [-0.3, -0.25) is 4.98 Å². The molecule has 248 valence electrons. The number of amides is 2. The minimum Gasteiger partial charge on any atom is -0.489 e. The van der Waals surface area contributed by atoms with Crippen molar-refractivity contribution in [2.45, 2.75) is 12.6 Å². The number of carbonyl (C=O) groups excluding carboxylic acids is 1. The van der Waals surface area contributed by atoms with Gasteiger partial charge in [-0.1, -0.05) is 11.6 Å². The average Bonchev–Trinajstić information content (AvgIpc) is 3.05. The second-order valence-electron chi connectivity index (χ2n) is 11.2. The van der Waals surface area contributed by atoms with Crippen molar-refractivity contribution in [3.8, 4) is 28.7 Å². The lowest BCUT2D eigenvalue weighted by atomic mass is 10.1. The molecule has 14 heteroatoms. The Bertz CT molecular complexity index is 1730. The molecule has 1 saturated heterocycles. The lowest BCUT2D eigenvalue weighted by Crippen LogP contribution is -2.44. The van der Waals surface area contributed by atoms with E-state index in [1.54, 1.807) is 36.5 Å². The van der Waals surface area contributed by atoms with E-state index in [2.05, 4.69) is 32.5 Å². The van der Waals surface area contributed by atoms with E-state index < -0.39 is 22.8 Å². The summed E-state index contributed by atoms with van der Waals surface area (Å²) in [6, 6.07) is 12.5. The van der Waals surface area contributed by atoms with Crippen LogP contribution in [-0.4, -0.2) is 80.4 Å². The quantitative estimate of drug-likeness (QED) is 0.182. The Kier molecular flexibility index (Phi) is 9.76. The summed E-state index contributed by atoms with van der Waals surface area (Å²) in [5.74, 6) is 2.52. The van der Waals surface area contributed by atoms with Gasteiger partial charge in [0.2, 0.25) is 5.75 Å². The van der Waals surface area contributed by atoms with Crippen molar-refractivity contribution >= 4 is 39.9 Å². The molecular formula is C33H33ClF3N5O5. The monoisotopic (exact) mass is 671 g/mol. The number of benzene rings is 3. The van der Waals surface area contributed by atoms with Gasteiger partial charge in [0.1, 0.15) is 24.7 Å². The van der Waals surface area contributed by atoms with Crippen LogP contribution < -0.4 is 29.6 Å². The Labute approximate surface area is 274 Å². The minimum atomic E-state index is -4.65. The average molecular weight is 672 g/mol. The zero-order valence-corrected chi connectivity index (χ0v) is 26.3. The van der Waals surface area contributed by atoms with Crippen LogP contribution in [0.15, 0.2) is 60.8 Å². The standard InChI is InChI=1S/C33H33ClF3N5O5/c1-41-12-14-42(15-13-41)11-2-16-44-28-20-26-29(31-30(28)45-17-18-46-31)27(9-10-38-26)47-23-6-3-21(4-7-23)39-32(43)40-22-5-8-25(34)24(19-22)33(35,36)37/h3-10,19-20H,2,11-18H2,1H3,(H2,39,40,43). The van der Waals surface area contributed by atoms with Crippen LogP contribution in [0.2, 0.25) is 5.02 Å². The molecule has 3 aromatic carbocycles. The van der Waals surface area contributed by atoms with Gasteiger partial charge in [0, 0.05) is 56.4 Å². The summed E-state index contributed by atoms with van der Waals surface area (Å²) in [4.78, 5) is 21.8. The van der Waals surface area contributed by atoms with Crippen molar-refractivity contribution in [3.05, 3.63) is 71.4 Å². The number of pyridine rings is 1. The summed E-state index contributed by atoms with van der Waals surface area (Å²) in [6.07, 6.45) is -2.15. The first-order valence-electron chi connectivity index (χ1n) is 15.1. The van der Waals surface area contributed by atoms with E-state index in [1.165, 1.54) is 6.07 Å². The van der Waals surface area contributed by atoms with Crippen molar-refractivity contribution < 1.29 is 36.9 Å². The fraction of sp³-hybridized carbons (Fsp3) is 0.333. The number of hydrogen-bond donors (Lipinski definition) is 2. The Morgan fingerprint density at radius 1 is 0.936 bits per heavy atom. The highest BCUT2D eigenvalue weighted by molar-refractivity contribution is 6.31. The number of ether oxygens (including phenoxy) is 4. The predicted molar refractivity (Wildman–Crippen MR) is 172 cm³/mol. The number of likely N-dealkylation sites (N-methyl/N-ethyl adjacent to an activating group) is 1. The van der Waals surface area contributed by atoms with Gasteiger partial charge in [-0.2, -0.15) is 13.2 Å². The van der Waals surface area contributed by atoms with Gasteiger partial charge in [0.05, 0.1) is 28.1 Å². The summed E-state index contributed by atoms with van der Waals surface area (Å²) in [5.41, 5.74) is -0.0899. The molecule has 0 atom stereocenters. The highest BCUT2D eigenvalue weighted by atomic mass is 35.5. The highest BCUT2D eigenvalue weighted by Crippen LogP contribution is 2.48. The fourth-order valence-corrected chi connectivity index (χ4v) is 5.58. The number of nitrogens with one attached hydrogen (secondary N) is 2. The SMILES string of the molecule is CN1CCN(CCCOc2cc3nccc(Oc4ccc(NC(=O)Nc5ccc(Cl)c(C(F)(F)F)c5)cc4)c3c3c2OCCO3)CC1. The third-order valence-corrected chi connectivity index (χ3v) is 8.11. The molecule has 4 aromatic rings. The first-order chi connectivity index (χ1) is 22.6. The van der Waals surface area contributed by atoms with Crippen molar-refractivity contribution in [1.82, 2.24) is 14.8 Å². The number of aromatic nitrogens is 1. The van der Waals surface area contributed by atoms with E-state index in [0.717, 1.165) is 51.3 Å². The normalized spacial score (nSPS) is 15.3. The van der Waals surface area contributed by atoms with Crippen molar-refractivity contribution in [2.24, 2.45) is 0 Å². The van der Waals surface area contributed by atoms with Crippen LogP contribution in [0.3, 0.4) is 0 Å². The van der Waals surface area contributed by atoms with E-state index in [9.17, 15) is 18.0 Å². The number of halogens is 4. The number of anilines is 2. The zero-order valence-electron chi connectivity index (χ0n) is 25.5. The molecule has 2 N–H and O–H groups in total. The van der Waals surface area contributed by atoms with Gasteiger partial charge in [-0.05, 0) is 62.0 Å². The second kappa shape index (κ2) is 14.1. The molecule has 3 heterocycles. The number of rotatable bonds is 9. The van der Waals surface area contributed by atoms with Crippen molar-refractivity contribution in [2.75, 3.05) is 70.2 Å². The summed E-state index contributed by atoms with van der Waals surface area (Å²) >= 11 is 5.66. The number of fused-ring (bicyclic) bond motifs is 3. The smallest absolute Gasteiger partial charge is 0.417 e. The molecule has 0 radical (unpaired) electrons. The van der Waals surface area contributed by atoms with E-state index in [-0.39, 0.29) is 5.69 Å². The van der Waals surface area contributed by atoms with Crippen LogP contribution >= 0.6 is 11.6 Å². The number of carbonyl (C=O) groups is 1. The summed E-state index contributed by atoms with van der Waals surface area (Å²) in [7, 11) is 2.14. The van der Waals surface area contributed by atoms with E-state index in [0.29, 0.717) is 65.2 Å². The van der Waals surface area contributed by atoms with Crippen molar-refractivity contribution in [3.63, 3.8) is 0 Å². The molecule has 0 spiro atoms. The Hall–Kier alpha value is -4.46. The molecule has 2 aliphatic heterocycles. The maximum absolute atomic E-state index is 13.2. The minimum absolute atomic E-state index is 0.0579. The third-order valence-electron chi connectivity index (χ3n) is 7.78. The summed E-state index contributed by atoms with van der Waals surface area (Å²) in [5, 5.41) is 5.15. The first kappa shape index (κ1) is 32.5. The number of urea groups is 1. The van der Waals surface area contributed by atoms with Crippen molar-refractivity contribution in [1.29, 1.82) is 0 Å². The fourth-order valence-electron chi connectivity index (χ4n) is 5.36. The third kappa shape index (κ3) is 7.92. The lowest BCUT2D eigenvalue weighted by Gasteiger charge is -2.32. The van der Waals surface area contributed by atoms with Gasteiger partial charge in [-0.15, -0.1) is 0 Å². The molecule has 10 nitrogen and oxygen atoms in total. The van der Waals surface area contributed by atoms with Crippen LogP contribution in [0.1, 0.15) is 12.0 Å². The first-order valence-corrected chi connectivity index (χ1v) is 15.5. The molecule has 47 heavy (non-hydrogen) atoms. The molecule has 0 aliphatic carbocycles. The highest BCUT2D eigenvalue weighted by Gasteiger charge is 2.33. The predicted octanol–water partition coefficient (Wildman–Crippen LogP) is 7.13. The maximum atomic E-state index is 13.2. The van der Waals surface area contributed by atoms with Crippen LogP contribution in [0.5, 0.6) is 28.7 Å². The Morgan fingerprint density at radius 2 is 1.64 bits per heavy atom. The van der Waals surface area contributed by atoms with Crippen LogP contribution in [0.4, 0.5) is 29.3 Å². The van der Waals surface area contributed by atoms with Gasteiger partial charge in [0.25, 0.3) is 0 Å². The van der Waals surface area contributed by atoms with Gasteiger partial charge >= 0.3 is 12.2 Å². The van der Waals surface area contributed by atoms with E-state index in [1.807, 2.05) is 6.07 Å². The van der Waals surface area contributed by atoms with Crippen LogP contribution in [0, 0.1) is 0 Å². The number of piperazine rings is 1. The Balaban J connectivity index is 1.11. The molecule has 6 rings (SSSR count). The molecule has 2 aliphatic rings. The van der Waals surface area contributed by atoms with Gasteiger partial charge in [0.15, 0.2) is 11.5 Å². The summed E-state index contributed by atoms with van der Waals surface area (Å²) < 4.78 is 63.9. The van der Waals surface area contributed by atoms with Gasteiger partial charge in [-0.25, -0.2) is 4.79 Å².